The molecule has 174 valence electrons. The number of hydrogen-bond donors (Lipinski definition) is 5. The molecule has 0 fully saturated rings. The van der Waals surface area contributed by atoms with Gasteiger partial charge in [0.15, 0.2) is 0 Å². The summed E-state index contributed by atoms with van der Waals surface area (Å²) in [5.41, 5.74) is 12.3. The molecule has 30 heavy (non-hydrogen) atoms. The summed E-state index contributed by atoms with van der Waals surface area (Å²) in [5, 5.41) is 16.3. The molecule has 0 rings (SSSR count). The molecule has 9 nitrogen and oxygen atoms in total. The van der Waals surface area contributed by atoms with E-state index < -0.39 is 17.7 Å². The molecule has 0 heterocycles. The summed E-state index contributed by atoms with van der Waals surface area (Å²) < 4.78 is 0. The fourth-order valence-electron chi connectivity index (χ4n) is 2.35. The van der Waals surface area contributed by atoms with E-state index >= 15 is 0 Å². The van der Waals surface area contributed by atoms with Crippen molar-refractivity contribution in [3.63, 3.8) is 0 Å². The third-order valence-electron chi connectivity index (χ3n) is 3.88. The molecule has 0 bridgehead atoms. The second-order valence-corrected chi connectivity index (χ2v) is 6.60. The molecule has 0 aromatic carbocycles. The molecule has 0 aromatic heterocycles. The number of allylic oxidation sites excluding steroid dienone is 1. The summed E-state index contributed by atoms with van der Waals surface area (Å²) in [5.74, 6) is -1.54. The Morgan fingerprint density at radius 2 is 1.43 bits per heavy atom. The van der Waals surface area contributed by atoms with Crippen LogP contribution >= 0.6 is 0 Å². The van der Waals surface area contributed by atoms with Gasteiger partial charge in [0, 0.05) is 6.42 Å². The van der Waals surface area contributed by atoms with Gasteiger partial charge in [-0.05, 0) is 12.8 Å². The minimum atomic E-state index is -0.554. The van der Waals surface area contributed by atoms with Gasteiger partial charge in [0.1, 0.15) is 0 Å². The standard InChI is InChI=1S/C16H30N2O2.C4H11NO4.Na.H/c1-2-3-4-5-6-7-8-9-10-11-12-14(16(18)20)13-15(17)19;6-1-3-8-5-9-4-2-7;;/h11-12,14H,2-10,13H2,1H3,(H2,17,19)(H2,18,20);5-7H,1-4H2;;. The molecule has 2 amide bonds. The van der Waals surface area contributed by atoms with E-state index in [1.807, 2.05) is 6.08 Å². The van der Waals surface area contributed by atoms with Gasteiger partial charge in [-0.25, -0.2) is 0 Å². The maximum atomic E-state index is 11.1. The number of aliphatic hydroxyl groups excluding tert-OH is 2. The number of carbonyl (C=O) groups excluding carboxylic acids is 2. The van der Waals surface area contributed by atoms with Crippen molar-refractivity contribution in [3.8, 4) is 0 Å². The Morgan fingerprint density at radius 3 is 1.87 bits per heavy atom. The first-order valence-electron chi connectivity index (χ1n) is 10.4. The predicted molar refractivity (Wildman–Crippen MR) is 119 cm³/mol. The number of amides is 2. The molecule has 10 heteroatoms. The maximum absolute atomic E-state index is 11.1. The molecule has 0 aromatic rings. The van der Waals surface area contributed by atoms with Gasteiger partial charge in [-0.3, -0.25) is 19.3 Å². The van der Waals surface area contributed by atoms with Gasteiger partial charge in [-0.1, -0.05) is 69.7 Å². The number of unbranched alkanes of at least 4 members (excludes halogenated alkanes) is 8. The molecule has 0 spiro atoms. The fraction of sp³-hybridized carbons (Fsp3) is 0.800. The van der Waals surface area contributed by atoms with Crippen LogP contribution in [-0.4, -0.2) is 78.0 Å². The van der Waals surface area contributed by atoms with Crippen molar-refractivity contribution in [3.05, 3.63) is 12.2 Å². The molecular formula is C20H42N3NaO6. The Bertz CT molecular complexity index is 408. The first-order valence-corrected chi connectivity index (χ1v) is 10.4. The van der Waals surface area contributed by atoms with Gasteiger partial charge in [0.05, 0.1) is 32.3 Å². The van der Waals surface area contributed by atoms with Gasteiger partial charge in [0.25, 0.3) is 0 Å². The normalized spacial score (nSPS) is 11.4. The molecule has 0 saturated heterocycles. The predicted octanol–water partition coefficient (Wildman–Crippen LogP) is 0.826. The Hall–Kier alpha value is -0.520. The van der Waals surface area contributed by atoms with Crippen molar-refractivity contribution in [1.29, 1.82) is 0 Å². The summed E-state index contributed by atoms with van der Waals surface area (Å²) >= 11 is 0. The first kappa shape index (κ1) is 34.1. The zero-order chi connectivity index (χ0) is 22.2. The van der Waals surface area contributed by atoms with Crippen molar-refractivity contribution >= 4 is 41.4 Å². The SMILES string of the molecule is CCCCCCCCCCC=CC(CC(N)=O)C(N)=O.OCCONOCCO.[NaH]. The van der Waals surface area contributed by atoms with Crippen LogP contribution in [-0.2, 0) is 19.3 Å². The quantitative estimate of drug-likeness (QED) is 0.0856. The van der Waals surface area contributed by atoms with E-state index in [9.17, 15) is 9.59 Å². The van der Waals surface area contributed by atoms with Crippen molar-refractivity contribution in [2.24, 2.45) is 17.4 Å². The van der Waals surface area contributed by atoms with E-state index in [2.05, 4.69) is 22.2 Å². The van der Waals surface area contributed by atoms with Gasteiger partial charge in [-0.15, -0.1) is 0 Å². The van der Waals surface area contributed by atoms with Crippen molar-refractivity contribution in [2.45, 2.75) is 71.1 Å². The average molecular weight is 444 g/mol. The number of carbonyl (C=O) groups is 2. The number of aliphatic hydroxyl groups is 2. The third-order valence-corrected chi connectivity index (χ3v) is 3.88. The second-order valence-electron chi connectivity index (χ2n) is 6.60. The summed E-state index contributed by atoms with van der Waals surface area (Å²) in [7, 11) is 0. The van der Waals surface area contributed by atoms with Crippen LogP contribution < -0.4 is 17.1 Å². The molecule has 1 atom stereocenters. The Balaban J connectivity index is -0.000000616. The van der Waals surface area contributed by atoms with Crippen LogP contribution in [0, 0.1) is 5.92 Å². The van der Waals surface area contributed by atoms with Crippen LogP contribution in [0.4, 0.5) is 0 Å². The monoisotopic (exact) mass is 443 g/mol. The van der Waals surface area contributed by atoms with E-state index in [1.54, 1.807) is 6.08 Å². The zero-order valence-corrected chi connectivity index (χ0v) is 17.8. The van der Waals surface area contributed by atoms with Gasteiger partial charge >= 0.3 is 29.6 Å². The van der Waals surface area contributed by atoms with Gasteiger partial charge in [0.2, 0.25) is 11.8 Å². The number of primary amides is 2. The fourth-order valence-corrected chi connectivity index (χ4v) is 2.35. The van der Waals surface area contributed by atoms with Gasteiger partial charge in [-0.2, -0.15) is 0 Å². The Morgan fingerprint density at radius 1 is 0.933 bits per heavy atom. The zero-order valence-electron chi connectivity index (χ0n) is 17.8. The van der Waals surface area contributed by atoms with Crippen molar-refractivity contribution in [1.82, 2.24) is 5.64 Å². The van der Waals surface area contributed by atoms with E-state index in [-0.39, 0.29) is 62.4 Å². The van der Waals surface area contributed by atoms with E-state index in [0.717, 1.165) is 12.8 Å². The van der Waals surface area contributed by atoms with Gasteiger partial charge < -0.3 is 21.7 Å². The number of hydrogen-bond acceptors (Lipinski definition) is 7. The molecule has 0 aliphatic carbocycles. The molecule has 0 radical (unpaired) electrons. The molecule has 7 N–H and O–H groups in total. The summed E-state index contributed by atoms with van der Waals surface area (Å²) in [6.45, 7) is 2.45. The molecule has 0 aliphatic heterocycles. The van der Waals surface area contributed by atoms with E-state index in [1.165, 1.54) is 44.9 Å². The summed E-state index contributed by atoms with van der Waals surface area (Å²) in [4.78, 5) is 30.8. The van der Waals surface area contributed by atoms with Crippen LogP contribution in [0.25, 0.3) is 0 Å². The second kappa shape index (κ2) is 28.5. The number of nitrogens with one attached hydrogen (secondary N) is 1. The van der Waals surface area contributed by atoms with Crippen LogP contribution in [0.15, 0.2) is 12.2 Å². The van der Waals surface area contributed by atoms with Crippen molar-refractivity contribution < 1.29 is 29.5 Å². The average Bonchev–Trinajstić information content (AvgIpc) is 2.68. The molecular weight excluding hydrogens is 401 g/mol. The van der Waals surface area contributed by atoms with Crippen LogP contribution in [0.5, 0.6) is 0 Å². The third kappa shape index (κ3) is 29.7. The topological polar surface area (TPSA) is 157 Å². The molecule has 0 saturated carbocycles. The van der Waals surface area contributed by atoms with Crippen molar-refractivity contribution in [2.75, 3.05) is 26.4 Å². The van der Waals surface area contributed by atoms with E-state index in [4.69, 9.17) is 21.7 Å². The Labute approximate surface area is 203 Å². The van der Waals surface area contributed by atoms with Crippen LogP contribution in [0.2, 0.25) is 0 Å². The first-order chi connectivity index (χ1) is 14.0. The number of nitrogens with two attached hydrogens (primary N) is 2. The number of rotatable bonds is 19. The Kier molecular flexibility index (Phi) is 32.4. The minimum absolute atomic E-state index is 0. The summed E-state index contributed by atoms with van der Waals surface area (Å²) in [6.07, 6.45) is 14.8. The molecule has 1 unspecified atom stereocenters. The van der Waals surface area contributed by atoms with E-state index in [0.29, 0.717) is 0 Å². The van der Waals surface area contributed by atoms with Crippen LogP contribution in [0.3, 0.4) is 0 Å². The molecule has 0 aliphatic rings. The summed E-state index contributed by atoms with van der Waals surface area (Å²) in [6, 6.07) is 0. The van der Waals surface area contributed by atoms with Crippen LogP contribution in [0.1, 0.15) is 71.1 Å².